The Morgan fingerprint density at radius 3 is 2.68 bits per heavy atom. The van der Waals surface area contributed by atoms with Crippen molar-refractivity contribution in [3.63, 3.8) is 0 Å². The van der Waals surface area contributed by atoms with Crippen molar-refractivity contribution in [1.29, 1.82) is 0 Å². The topological polar surface area (TPSA) is 93.5 Å². The number of nitrogens with zero attached hydrogens (tertiary/aromatic N) is 2. The second-order valence-electron chi connectivity index (χ2n) is 7.17. The van der Waals surface area contributed by atoms with Gasteiger partial charge in [0.1, 0.15) is 11.6 Å². The minimum atomic E-state index is -0.539. The van der Waals surface area contributed by atoms with Gasteiger partial charge in [-0.05, 0) is 35.4 Å². The summed E-state index contributed by atoms with van der Waals surface area (Å²) in [5.74, 6) is 0.0332. The third-order valence-corrected chi connectivity index (χ3v) is 6.29. The van der Waals surface area contributed by atoms with Crippen LogP contribution in [0.3, 0.4) is 0 Å². The number of phenols is 1. The Morgan fingerprint density at radius 2 is 2.00 bits per heavy atom. The van der Waals surface area contributed by atoms with E-state index in [0.29, 0.717) is 33.6 Å². The first kappa shape index (κ1) is 20.9. The van der Waals surface area contributed by atoms with Gasteiger partial charge in [-0.25, -0.2) is 4.39 Å². The zero-order chi connectivity index (χ0) is 22.1. The van der Waals surface area contributed by atoms with Crippen LogP contribution in [-0.4, -0.2) is 27.7 Å². The summed E-state index contributed by atoms with van der Waals surface area (Å²) >= 11 is 1.32. The first-order valence-electron chi connectivity index (χ1n) is 9.52. The zero-order valence-electron chi connectivity index (χ0n) is 16.9. The van der Waals surface area contributed by atoms with Gasteiger partial charge in [-0.3, -0.25) is 9.59 Å². The highest BCUT2D eigenvalue weighted by Crippen LogP contribution is 2.38. The maximum atomic E-state index is 13.1. The Morgan fingerprint density at radius 1 is 1.26 bits per heavy atom. The van der Waals surface area contributed by atoms with Gasteiger partial charge >= 0.3 is 0 Å². The fourth-order valence-corrected chi connectivity index (χ4v) is 4.52. The number of thioether (sulfide) groups is 1. The zero-order valence-corrected chi connectivity index (χ0v) is 17.7. The Kier molecular flexibility index (Phi) is 5.69. The molecule has 0 aliphatic carbocycles. The number of halogens is 1. The van der Waals surface area contributed by atoms with Crippen LogP contribution in [-0.2, 0) is 17.6 Å². The van der Waals surface area contributed by atoms with Crippen LogP contribution in [0, 0.1) is 5.82 Å². The minimum absolute atomic E-state index is 0.0659. The van der Waals surface area contributed by atoms with Gasteiger partial charge in [-0.15, -0.1) is 0 Å². The summed E-state index contributed by atoms with van der Waals surface area (Å²) in [6.07, 6.45) is 0.0672. The number of phenolic OH excluding ortho intramolecular Hbond substituents is 1. The molecule has 1 aliphatic rings. The van der Waals surface area contributed by atoms with E-state index in [-0.39, 0.29) is 23.9 Å². The molecule has 0 bridgehead atoms. The van der Waals surface area contributed by atoms with E-state index in [4.69, 9.17) is 4.74 Å². The largest absolute Gasteiger partial charge is 0.504 e. The fraction of sp³-hybridized carbons (Fsp3) is 0.227. The van der Waals surface area contributed by atoms with E-state index in [1.54, 1.807) is 35.9 Å². The molecule has 0 radical (unpaired) electrons. The van der Waals surface area contributed by atoms with Crippen LogP contribution in [0.4, 0.5) is 10.2 Å². The van der Waals surface area contributed by atoms with Gasteiger partial charge in [0.2, 0.25) is 5.91 Å². The molecule has 1 amide bonds. The van der Waals surface area contributed by atoms with E-state index >= 15 is 0 Å². The van der Waals surface area contributed by atoms with Crippen molar-refractivity contribution >= 4 is 23.5 Å². The average Bonchev–Trinajstić information content (AvgIpc) is 2.75. The summed E-state index contributed by atoms with van der Waals surface area (Å²) in [6.45, 7) is 0. The number of methoxy groups -OCH3 is 1. The van der Waals surface area contributed by atoms with Crippen molar-refractivity contribution < 1.29 is 19.0 Å². The number of benzene rings is 2. The summed E-state index contributed by atoms with van der Waals surface area (Å²) in [6, 6.07) is 10.9. The fourth-order valence-electron chi connectivity index (χ4n) is 3.60. The van der Waals surface area contributed by atoms with Crippen LogP contribution >= 0.6 is 11.8 Å². The predicted octanol–water partition coefficient (Wildman–Crippen LogP) is 3.40. The average molecular weight is 441 g/mol. The van der Waals surface area contributed by atoms with Gasteiger partial charge in [0, 0.05) is 25.1 Å². The number of anilines is 1. The molecule has 9 heteroatoms. The Labute approximate surface area is 181 Å². The standard InChI is InChI=1S/C22H20FN3O4S/c1-26-20-19(21(29)25-22(26)31-11-12-3-6-14(23)7-4-12)15(10-18(28)24-20)13-5-8-17(30-2)16(27)9-13/h3-9,15,27H,10-11H2,1-2H3,(H,24,28)/t15-/m0/s1. The molecule has 2 aromatic carbocycles. The smallest absolute Gasteiger partial charge is 0.279 e. The summed E-state index contributed by atoms with van der Waals surface area (Å²) in [5, 5.41) is 13.4. The number of hydrogen-bond acceptors (Lipinski definition) is 6. The molecule has 1 aromatic heterocycles. The summed E-state index contributed by atoms with van der Waals surface area (Å²) in [4.78, 5) is 29.6. The van der Waals surface area contributed by atoms with E-state index in [1.807, 2.05) is 0 Å². The lowest BCUT2D eigenvalue weighted by Gasteiger charge is -2.27. The van der Waals surface area contributed by atoms with Crippen molar-refractivity contribution in [3.05, 3.63) is 75.3 Å². The minimum Gasteiger partial charge on any atom is -0.504 e. The highest BCUT2D eigenvalue weighted by Gasteiger charge is 2.32. The van der Waals surface area contributed by atoms with Crippen LogP contribution in [0.1, 0.15) is 29.0 Å². The van der Waals surface area contributed by atoms with Gasteiger partial charge in [0.05, 0.1) is 12.7 Å². The molecule has 160 valence electrons. The maximum absolute atomic E-state index is 13.1. The Hall–Kier alpha value is -3.33. The molecule has 4 rings (SSSR count). The quantitative estimate of drug-likeness (QED) is 0.466. The molecule has 1 atom stereocenters. The Balaban J connectivity index is 1.70. The van der Waals surface area contributed by atoms with E-state index in [9.17, 15) is 19.1 Å². The van der Waals surface area contributed by atoms with E-state index < -0.39 is 11.5 Å². The van der Waals surface area contributed by atoms with Gasteiger partial charge in [0.25, 0.3) is 5.56 Å². The number of rotatable bonds is 5. The molecule has 0 unspecified atom stereocenters. The lowest BCUT2D eigenvalue weighted by Crippen LogP contribution is -2.33. The van der Waals surface area contributed by atoms with Crippen LogP contribution in [0.25, 0.3) is 0 Å². The van der Waals surface area contributed by atoms with Crippen LogP contribution < -0.4 is 15.6 Å². The number of nitrogens with one attached hydrogen (secondary N) is 1. The first-order chi connectivity index (χ1) is 14.9. The van der Waals surface area contributed by atoms with Crippen molar-refractivity contribution in [2.24, 2.45) is 7.05 Å². The van der Waals surface area contributed by atoms with Gasteiger partial charge in [0.15, 0.2) is 16.7 Å². The number of fused-ring (bicyclic) bond motifs is 1. The summed E-state index contributed by atoms with van der Waals surface area (Å²) in [7, 11) is 3.18. The Bertz CT molecular complexity index is 1210. The molecule has 3 aromatic rings. The molecular weight excluding hydrogens is 421 g/mol. The predicted molar refractivity (Wildman–Crippen MR) is 115 cm³/mol. The summed E-state index contributed by atoms with van der Waals surface area (Å²) in [5.41, 5.74) is 1.45. The first-order valence-corrected chi connectivity index (χ1v) is 10.5. The molecule has 0 saturated carbocycles. The molecule has 1 aliphatic heterocycles. The molecule has 2 N–H and O–H groups in total. The maximum Gasteiger partial charge on any atom is 0.279 e. The highest BCUT2D eigenvalue weighted by molar-refractivity contribution is 7.98. The van der Waals surface area contributed by atoms with Crippen molar-refractivity contribution in [3.8, 4) is 11.5 Å². The number of amides is 1. The van der Waals surface area contributed by atoms with Crippen molar-refractivity contribution in [2.75, 3.05) is 12.4 Å². The third kappa shape index (κ3) is 4.13. The lowest BCUT2D eigenvalue weighted by molar-refractivity contribution is -0.116. The van der Waals surface area contributed by atoms with E-state index in [2.05, 4.69) is 10.3 Å². The highest BCUT2D eigenvalue weighted by atomic mass is 32.2. The molecule has 0 spiro atoms. The molecule has 0 fully saturated rings. The lowest BCUT2D eigenvalue weighted by atomic mass is 9.86. The second kappa shape index (κ2) is 8.43. The van der Waals surface area contributed by atoms with Gasteiger partial charge in [-0.2, -0.15) is 4.98 Å². The number of carbonyl (C=O) groups is 1. The van der Waals surface area contributed by atoms with Crippen molar-refractivity contribution in [1.82, 2.24) is 9.55 Å². The van der Waals surface area contributed by atoms with E-state index in [0.717, 1.165) is 5.56 Å². The molecule has 0 saturated heterocycles. The third-order valence-electron chi connectivity index (χ3n) is 5.19. The normalized spacial score (nSPS) is 15.3. The van der Waals surface area contributed by atoms with Gasteiger partial charge < -0.3 is 19.7 Å². The monoisotopic (exact) mass is 441 g/mol. The van der Waals surface area contributed by atoms with Gasteiger partial charge in [-0.1, -0.05) is 30.0 Å². The van der Waals surface area contributed by atoms with Crippen LogP contribution in [0.2, 0.25) is 0 Å². The molecule has 2 heterocycles. The van der Waals surface area contributed by atoms with Crippen LogP contribution in [0.15, 0.2) is 52.4 Å². The number of aromatic nitrogens is 2. The molecule has 31 heavy (non-hydrogen) atoms. The SMILES string of the molecule is COc1ccc([C@@H]2CC(=O)Nc3c2c(=O)nc(SCc2ccc(F)cc2)n3C)cc1O. The second-order valence-corrected chi connectivity index (χ2v) is 8.11. The summed E-state index contributed by atoms with van der Waals surface area (Å²) < 4.78 is 19.9. The van der Waals surface area contributed by atoms with Crippen LogP contribution in [0.5, 0.6) is 11.5 Å². The number of ether oxygens (including phenoxy) is 1. The number of hydrogen-bond donors (Lipinski definition) is 2. The molecule has 7 nitrogen and oxygen atoms in total. The van der Waals surface area contributed by atoms with E-state index in [1.165, 1.54) is 37.1 Å². The molecular formula is C22H20FN3O4S. The number of aromatic hydroxyl groups is 1. The number of carbonyl (C=O) groups excluding carboxylic acids is 1. The van der Waals surface area contributed by atoms with Crippen molar-refractivity contribution in [2.45, 2.75) is 23.2 Å².